The first-order valence-corrected chi connectivity index (χ1v) is 10.9. The molecule has 2 unspecified atom stereocenters. The summed E-state index contributed by atoms with van der Waals surface area (Å²) >= 11 is 1.52. The van der Waals surface area contributed by atoms with Crippen molar-refractivity contribution in [3.63, 3.8) is 0 Å². The standard InChI is InChI=1S/C24H20N2O4S/c1-14-10-17-11-15(6-7-19(17)30-14)22(27)20-21(16-4-2-8-25-12-16)26(24(29)23(20)28)13-18-5-3-9-31-18/h2-9,11-12,14,21,27H,10,13H2,1H3/b22-20-. The summed E-state index contributed by atoms with van der Waals surface area (Å²) in [6, 6.07) is 12.1. The number of aromatic nitrogens is 1. The third-order valence-corrected chi connectivity index (χ3v) is 6.48. The number of Topliss-reactive ketones (excluding diaryl/α,β-unsaturated/α-hetero) is 1. The highest BCUT2D eigenvalue weighted by molar-refractivity contribution is 7.09. The maximum atomic E-state index is 13.1. The first-order valence-electron chi connectivity index (χ1n) is 10.0. The average molecular weight is 433 g/mol. The van der Waals surface area contributed by atoms with Crippen molar-refractivity contribution in [3.8, 4) is 5.75 Å². The Labute approximate surface area is 183 Å². The number of aliphatic hydroxyl groups excluding tert-OH is 1. The molecule has 2 aromatic heterocycles. The van der Waals surface area contributed by atoms with Gasteiger partial charge >= 0.3 is 0 Å². The molecule has 5 rings (SSSR count). The van der Waals surface area contributed by atoms with Gasteiger partial charge in [0.05, 0.1) is 18.2 Å². The van der Waals surface area contributed by atoms with E-state index in [9.17, 15) is 14.7 Å². The van der Waals surface area contributed by atoms with E-state index in [-0.39, 0.29) is 24.0 Å². The molecule has 1 fully saturated rings. The Morgan fingerprint density at radius 1 is 1.26 bits per heavy atom. The summed E-state index contributed by atoms with van der Waals surface area (Å²) in [5, 5.41) is 13.1. The monoisotopic (exact) mass is 432 g/mol. The van der Waals surface area contributed by atoms with Gasteiger partial charge in [-0.25, -0.2) is 0 Å². The molecule has 1 N–H and O–H groups in total. The molecule has 0 bridgehead atoms. The molecule has 3 aromatic rings. The molecule has 7 heteroatoms. The van der Waals surface area contributed by atoms with E-state index in [0.29, 0.717) is 11.1 Å². The van der Waals surface area contributed by atoms with Crippen molar-refractivity contribution < 1.29 is 19.4 Å². The number of carbonyl (C=O) groups is 2. The van der Waals surface area contributed by atoms with E-state index in [1.54, 1.807) is 30.6 Å². The lowest BCUT2D eigenvalue weighted by atomic mass is 9.95. The zero-order chi connectivity index (χ0) is 21.5. The van der Waals surface area contributed by atoms with Crippen LogP contribution in [0.3, 0.4) is 0 Å². The fourth-order valence-electron chi connectivity index (χ4n) is 4.22. The van der Waals surface area contributed by atoms with Gasteiger partial charge in [0.25, 0.3) is 11.7 Å². The van der Waals surface area contributed by atoms with Crippen LogP contribution in [0.25, 0.3) is 5.76 Å². The number of ether oxygens (including phenoxy) is 1. The van der Waals surface area contributed by atoms with E-state index < -0.39 is 17.7 Å². The van der Waals surface area contributed by atoms with Crippen LogP contribution >= 0.6 is 11.3 Å². The zero-order valence-electron chi connectivity index (χ0n) is 16.8. The first-order chi connectivity index (χ1) is 15.0. The molecule has 2 atom stereocenters. The van der Waals surface area contributed by atoms with Crippen molar-refractivity contribution in [1.29, 1.82) is 0 Å². The average Bonchev–Trinajstić information content (AvgIpc) is 3.48. The van der Waals surface area contributed by atoms with E-state index in [1.165, 1.54) is 16.2 Å². The Bertz CT molecular complexity index is 1190. The number of pyridine rings is 1. The summed E-state index contributed by atoms with van der Waals surface area (Å²) in [6.45, 7) is 2.27. The second-order valence-corrected chi connectivity index (χ2v) is 8.78. The van der Waals surface area contributed by atoms with Crippen LogP contribution in [-0.2, 0) is 22.6 Å². The largest absolute Gasteiger partial charge is 0.507 e. The molecular weight excluding hydrogens is 412 g/mol. The molecule has 31 heavy (non-hydrogen) atoms. The highest BCUT2D eigenvalue weighted by Gasteiger charge is 2.46. The van der Waals surface area contributed by atoms with Gasteiger partial charge in [-0.3, -0.25) is 14.6 Å². The quantitative estimate of drug-likeness (QED) is 0.382. The number of hydrogen-bond acceptors (Lipinski definition) is 6. The number of aliphatic hydroxyl groups is 1. The Hall–Kier alpha value is -3.45. The Morgan fingerprint density at radius 2 is 2.13 bits per heavy atom. The van der Waals surface area contributed by atoms with Gasteiger partial charge in [-0.1, -0.05) is 12.1 Å². The highest BCUT2D eigenvalue weighted by atomic mass is 32.1. The van der Waals surface area contributed by atoms with Crippen molar-refractivity contribution in [2.24, 2.45) is 0 Å². The lowest BCUT2D eigenvalue weighted by molar-refractivity contribution is -0.140. The van der Waals surface area contributed by atoms with Gasteiger partial charge < -0.3 is 14.7 Å². The maximum absolute atomic E-state index is 13.1. The fourth-order valence-corrected chi connectivity index (χ4v) is 4.93. The Morgan fingerprint density at radius 3 is 2.87 bits per heavy atom. The molecule has 2 aliphatic rings. The Kier molecular flexibility index (Phi) is 4.82. The normalized spacial score (nSPS) is 21.9. The van der Waals surface area contributed by atoms with Gasteiger partial charge in [0.2, 0.25) is 0 Å². The molecule has 0 spiro atoms. The second kappa shape index (κ2) is 7.67. The van der Waals surface area contributed by atoms with Crippen LogP contribution < -0.4 is 4.74 Å². The van der Waals surface area contributed by atoms with Crippen LogP contribution in [0.15, 0.2) is 65.8 Å². The van der Waals surface area contributed by atoms with Crippen LogP contribution in [0.5, 0.6) is 5.75 Å². The number of likely N-dealkylation sites (tertiary alicyclic amines) is 1. The number of benzene rings is 1. The first kappa shape index (κ1) is 19.5. The van der Waals surface area contributed by atoms with E-state index in [0.717, 1.165) is 22.6 Å². The van der Waals surface area contributed by atoms with Gasteiger partial charge in [-0.05, 0) is 53.8 Å². The predicted octanol–water partition coefficient (Wildman–Crippen LogP) is 4.09. The third-order valence-electron chi connectivity index (χ3n) is 5.62. The molecule has 2 aliphatic heterocycles. The topological polar surface area (TPSA) is 79.7 Å². The number of hydrogen-bond donors (Lipinski definition) is 1. The molecule has 4 heterocycles. The smallest absolute Gasteiger partial charge is 0.295 e. The Balaban J connectivity index is 1.62. The van der Waals surface area contributed by atoms with Crippen molar-refractivity contribution >= 4 is 28.8 Å². The van der Waals surface area contributed by atoms with Crippen LogP contribution in [0.1, 0.15) is 34.5 Å². The third kappa shape index (κ3) is 3.41. The van der Waals surface area contributed by atoms with Crippen LogP contribution in [-0.4, -0.2) is 32.8 Å². The van der Waals surface area contributed by atoms with Crippen molar-refractivity contribution in [3.05, 3.63) is 87.4 Å². The van der Waals surface area contributed by atoms with E-state index in [4.69, 9.17) is 4.74 Å². The number of carbonyl (C=O) groups excluding carboxylic acids is 2. The molecule has 1 aromatic carbocycles. The minimum atomic E-state index is -0.709. The predicted molar refractivity (Wildman–Crippen MR) is 117 cm³/mol. The van der Waals surface area contributed by atoms with Gasteiger partial charge in [0.15, 0.2) is 0 Å². The van der Waals surface area contributed by atoms with Crippen molar-refractivity contribution in [2.45, 2.75) is 32.0 Å². The van der Waals surface area contributed by atoms with Gasteiger partial charge in [-0.15, -0.1) is 11.3 Å². The number of rotatable bonds is 4. The molecule has 6 nitrogen and oxygen atoms in total. The summed E-state index contributed by atoms with van der Waals surface area (Å²) < 4.78 is 5.74. The van der Waals surface area contributed by atoms with E-state index in [1.807, 2.05) is 36.6 Å². The van der Waals surface area contributed by atoms with Gasteiger partial charge in [0.1, 0.15) is 17.6 Å². The maximum Gasteiger partial charge on any atom is 0.295 e. The fraction of sp³-hybridized carbons (Fsp3) is 0.208. The van der Waals surface area contributed by atoms with E-state index >= 15 is 0 Å². The van der Waals surface area contributed by atoms with E-state index in [2.05, 4.69) is 4.98 Å². The van der Waals surface area contributed by atoms with Crippen molar-refractivity contribution in [2.75, 3.05) is 0 Å². The summed E-state index contributed by atoms with van der Waals surface area (Å²) in [5.41, 5.74) is 2.24. The van der Waals surface area contributed by atoms with Crippen LogP contribution in [0.4, 0.5) is 0 Å². The lowest BCUT2D eigenvalue weighted by Gasteiger charge is -2.24. The molecule has 0 saturated carbocycles. The highest BCUT2D eigenvalue weighted by Crippen LogP contribution is 2.41. The number of thiophene rings is 1. The van der Waals surface area contributed by atoms with Gasteiger partial charge in [-0.2, -0.15) is 0 Å². The number of fused-ring (bicyclic) bond motifs is 1. The second-order valence-electron chi connectivity index (χ2n) is 7.75. The zero-order valence-corrected chi connectivity index (χ0v) is 17.6. The molecule has 0 aliphatic carbocycles. The summed E-state index contributed by atoms with van der Waals surface area (Å²) in [4.78, 5) is 32.7. The lowest BCUT2D eigenvalue weighted by Crippen LogP contribution is -2.28. The van der Waals surface area contributed by atoms with Crippen LogP contribution in [0, 0.1) is 0 Å². The molecular formula is C24H20N2O4S. The molecule has 1 saturated heterocycles. The van der Waals surface area contributed by atoms with Crippen molar-refractivity contribution in [1.82, 2.24) is 9.88 Å². The SMILES string of the molecule is CC1Cc2cc(/C(O)=C3/C(=O)C(=O)N(Cc4cccs4)C3c3cccnc3)ccc2O1. The molecule has 1 amide bonds. The minimum absolute atomic E-state index is 0.0687. The number of ketones is 1. The minimum Gasteiger partial charge on any atom is -0.507 e. The van der Waals surface area contributed by atoms with Crippen LogP contribution in [0.2, 0.25) is 0 Å². The molecule has 156 valence electrons. The number of nitrogens with zero attached hydrogens (tertiary/aromatic N) is 2. The summed E-state index contributed by atoms with van der Waals surface area (Å²) in [5.74, 6) is -0.704. The van der Waals surface area contributed by atoms with Gasteiger partial charge in [0, 0.05) is 29.3 Å². The summed E-state index contributed by atoms with van der Waals surface area (Å²) in [7, 11) is 0. The number of amides is 1. The summed E-state index contributed by atoms with van der Waals surface area (Å²) in [6.07, 6.45) is 4.06. The molecule has 0 radical (unpaired) electrons.